The molecular formula is C17H21N3O6S. The fraction of sp³-hybridized carbons (Fsp3) is 0.294. The molecule has 0 saturated carbocycles. The van der Waals surface area contributed by atoms with Crippen molar-refractivity contribution in [3.05, 3.63) is 42.2 Å². The number of methoxy groups -OCH3 is 1. The van der Waals surface area contributed by atoms with E-state index in [1.54, 1.807) is 29.9 Å². The summed E-state index contributed by atoms with van der Waals surface area (Å²) in [5.41, 5.74) is 0.458. The van der Waals surface area contributed by atoms with Crippen molar-refractivity contribution in [2.75, 3.05) is 33.1 Å². The summed E-state index contributed by atoms with van der Waals surface area (Å²) in [6, 6.07) is 7.34. The SMILES string of the molecule is COc1ccc(S(=O)(=O)N(C)C)cc1NC(=O)COC(=O)c1cccn1C. The normalized spacial score (nSPS) is 11.3. The molecule has 10 heteroatoms. The maximum absolute atomic E-state index is 12.2. The van der Waals surface area contributed by atoms with Crippen LogP contribution in [0.1, 0.15) is 10.5 Å². The second-order valence-electron chi connectivity index (χ2n) is 5.78. The van der Waals surface area contributed by atoms with Gasteiger partial charge in [-0.05, 0) is 30.3 Å². The zero-order chi connectivity index (χ0) is 20.2. The van der Waals surface area contributed by atoms with Gasteiger partial charge >= 0.3 is 5.97 Å². The first-order chi connectivity index (χ1) is 12.7. The Kier molecular flexibility index (Phi) is 6.24. The lowest BCUT2D eigenvalue weighted by Gasteiger charge is -2.15. The van der Waals surface area contributed by atoms with Gasteiger partial charge in [0.2, 0.25) is 10.0 Å². The van der Waals surface area contributed by atoms with Gasteiger partial charge in [-0.15, -0.1) is 0 Å². The van der Waals surface area contributed by atoms with Crippen molar-refractivity contribution >= 4 is 27.6 Å². The third kappa shape index (κ3) is 4.66. The molecule has 0 aliphatic rings. The van der Waals surface area contributed by atoms with E-state index >= 15 is 0 Å². The summed E-state index contributed by atoms with van der Waals surface area (Å²) < 4.78 is 37.2. The number of hydrogen-bond acceptors (Lipinski definition) is 6. The number of ether oxygens (including phenoxy) is 2. The number of nitrogens with zero attached hydrogens (tertiary/aromatic N) is 2. The van der Waals surface area contributed by atoms with E-state index in [0.29, 0.717) is 5.69 Å². The van der Waals surface area contributed by atoms with Crippen molar-refractivity contribution < 1.29 is 27.5 Å². The van der Waals surface area contributed by atoms with Crippen molar-refractivity contribution in [2.24, 2.45) is 7.05 Å². The van der Waals surface area contributed by atoms with Gasteiger partial charge in [-0.25, -0.2) is 17.5 Å². The maximum atomic E-state index is 12.2. The molecule has 0 radical (unpaired) electrons. The molecule has 0 fully saturated rings. The molecule has 2 aromatic rings. The monoisotopic (exact) mass is 395 g/mol. The molecule has 0 unspecified atom stereocenters. The highest BCUT2D eigenvalue weighted by atomic mass is 32.2. The van der Waals surface area contributed by atoms with Crippen LogP contribution in [0, 0.1) is 0 Å². The molecule has 0 aliphatic heterocycles. The molecule has 1 heterocycles. The van der Waals surface area contributed by atoms with E-state index in [9.17, 15) is 18.0 Å². The van der Waals surface area contributed by atoms with E-state index in [4.69, 9.17) is 9.47 Å². The molecule has 27 heavy (non-hydrogen) atoms. The van der Waals surface area contributed by atoms with E-state index in [2.05, 4.69) is 5.32 Å². The van der Waals surface area contributed by atoms with E-state index < -0.39 is 28.5 Å². The molecule has 1 amide bonds. The molecule has 2 rings (SSSR count). The number of nitrogens with one attached hydrogen (secondary N) is 1. The van der Waals surface area contributed by atoms with Gasteiger partial charge in [0, 0.05) is 27.3 Å². The molecular weight excluding hydrogens is 374 g/mol. The molecule has 1 N–H and O–H groups in total. The largest absolute Gasteiger partial charge is 0.495 e. The lowest BCUT2D eigenvalue weighted by atomic mass is 10.3. The Morgan fingerprint density at radius 1 is 1.22 bits per heavy atom. The van der Waals surface area contributed by atoms with Gasteiger partial charge in [0.25, 0.3) is 5.91 Å². The van der Waals surface area contributed by atoms with Gasteiger partial charge in [-0.3, -0.25) is 4.79 Å². The average molecular weight is 395 g/mol. The first kappa shape index (κ1) is 20.5. The minimum absolute atomic E-state index is 0.00981. The predicted octanol–water partition coefficient (Wildman–Crippen LogP) is 1.08. The van der Waals surface area contributed by atoms with Crippen LogP contribution in [0.5, 0.6) is 5.75 Å². The lowest BCUT2D eigenvalue weighted by Crippen LogP contribution is -2.24. The van der Waals surface area contributed by atoms with Crippen LogP contribution >= 0.6 is 0 Å². The number of hydrogen-bond donors (Lipinski definition) is 1. The van der Waals surface area contributed by atoms with E-state index in [0.717, 1.165) is 4.31 Å². The van der Waals surface area contributed by atoms with Crippen molar-refractivity contribution in [1.29, 1.82) is 0 Å². The number of benzene rings is 1. The van der Waals surface area contributed by atoms with Crippen LogP contribution in [0.3, 0.4) is 0 Å². The van der Waals surface area contributed by atoms with E-state index in [-0.39, 0.29) is 16.3 Å². The summed E-state index contributed by atoms with van der Waals surface area (Å²) in [5, 5.41) is 2.50. The zero-order valence-corrected chi connectivity index (χ0v) is 16.2. The first-order valence-corrected chi connectivity index (χ1v) is 9.29. The minimum atomic E-state index is -3.68. The summed E-state index contributed by atoms with van der Waals surface area (Å²) in [6.45, 7) is -0.530. The number of anilines is 1. The molecule has 0 atom stereocenters. The number of carbonyl (C=O) groups excluding carboxylic acids is 2. The molecule has 1 aromatic heterocycles. The predicted molar refractivity (Wildman–Crippen MR) is 98.2 cm³/mol. The number of esters is 1. The molecule has 146 valence electrons. The number of carbonyl (C=O) groups is 2. The Morgan fingerprint density at radius 2 is 1.93 bits per heavy atom. The summed E-state index contributed by atoms with van der Waals surface area (Å²) >= 11 is 0. The van der Waals surface area contributed by atoms with Gasteiger partial charge in [0.15, 0.2) is 6.61 Å². The summed E-state index contributed by atoms with van der Waals surface area (Å²) in [6.07, 6.45) is 1.68. The third-order valence-electron chi connectivity index (χ3n) is 3.71. The highest BCUT2D eigenvalue weighted by Gasteiger charge is 2.20. The molecule has 1 aromatic carbocycles. The Bertz CT molecular complexity index is 949. The Labute approximate surface area is 157 Å². The Morgan fingerprint density at radius 3 is 2.48 bits per heavy atom. The van der Waals surface area contributed by atoms with E-state index in [1.807, 2.05) is 0 Å². The highest BCUT2D eigenvalue weighted by Crippen LogP contribution is 2.28. The Balaban J connectivity index is 2.12. The molecule has 0 spiro atoms. The van der Waals surface area contributed by atoms with Gasteiger partial charge < -0.3 is 19.4 Å². The maximum Gasteiger partial charge on any atom is 0.355 e. The molecule has 9 nitrogen and oxygen atoms in total. The van der Waals surface area contributed by atoms with Gasteiger partial charge in [-0.2, -0.15) is 0 Å². The average Bonchev–Trinajstić information content (AvgIpc) is 3.05. The summed E-state index contributed by atoms with van der Waals surface area (Å²) in [4.78, 5) is 24.0. The van der Waals surface area contributed by atoms with Crippen LogP contribution in [0.15, 0.2) is 41.4 Å². The van der Waals surface area contributed by atoms with Gasteiger partial charge in [0.05, 0.1) is 17.7 Å². The number of rotatable bonds is 7. The minimum Gasteiger partial charge on any atom is -0.495 e. The smallest absolute Gasteiger partial charge is 0.355 e. The van der Waals surface area contributed by atoms with E-state index in [1.165, 1.54) is 39.4 Å². The molecule has 0 aliphatic carbocycles. The highest BCUT2D eigenvalue weighted by molar-refractivity contribution is 7.89. The van der Waals surface area contributed by atoms with Crippen LogP contribution in [0.2, 0.25) is 0 Å². The van der Waals surface area contributed by atoms with Gasteiger partial charge in [-0.1, -0.05) is 0 Å². The van der Waals surface area contributed by atoms with Crippen LogP contribution < -0.4 is 10.1 Å². The lowest BCUT2D eigenvalue weighted by molar-refractivity contribution is -0.119. The van der Waals surface area contributed by atoms with Crippen LogP contribution in [-0.4, -0.2) is 57.0 Å². The van der Waals surface area contributed by atoms with Crippen molar-refractivity contribution in [3.8, 4) is 5.75 Å². The van der Waals surface area contributed by atoms with Crippen LogP contribution in [0.25, 0.3) is 0 Å². The van der Waals surface area contributed by atoms with Crippen LogP contribution in [-0.2, 0) is 26.6 Å². The fourth-order valence-corrected chi connectivity index (χ4v) is 3.15. The third-order valence-corrected chi connectivity index (χ3v) is 5.52. The molecule has 0 bridgehead atoms. The fourth-order valence-electron chi connectivity index (χ4n) is 2.22. The first-order valence-electron chi connectivity index (χ1n) is 7.85. The second-order valence-corrected chi connectivity index (χ2v) is 7.93. The van der Waals surface area contributed by atoms with Gasteiger partial charge in [0.1, 0.15) is 11.4 Å². The van der Waals surface area contributed by atoms with Crippen molar-refractivity contribution in [3.63, 3.8) is 0 Å². The summed E-state index contributed by atoms with van der Waals surface area (Å²) in [7, 11) is 2.19. The van der Waals surface area contributed by atoms with Crippen LogP contribution in [0.4, 0.5) is 5.69 Å². The zero-order valence-electron chi connectivity index (χ0n) is 15.4. The number of amides is 1. The number of sulfonamides is 1. The topological polar surface area (TPSA) is 107 Å². The molecule has 0 saturated heterocycles. The quantitative estimate of drug-likeness (QED) is 0.703. The second kappa shape index (κ2) is 8.23. The number of aryl methyl sites for hydroxylation is 1. The summed E-state index contributed by atoms with van der Waals surface area (Å²) in [5.74, 6) is -1.00. The van der Waals surface area contributed by atoms with Crippen molar-refractivity contribution in [2.45, 2.75) is 4.90 Å². The standard InChI is InChI=1S/C17H21N3O6S/c1-19(2)27(23,24)12-7-8-15(25-4)13(10-12)18-16(21)11-26-17(22)14-6-5-9-20(14)3/h5-10H,11H2,1-4H3,(H,18,21). The van der Waals surface area contributed by atoms with Crippen molar-refractivity contribution in [1.82, 2.24) is 8.87 Å². The number of aromatic nitrogens is 1. The Hall–Kier alpha value is -2.85.